The van der Waals surface area contributed by atoms with Crippen molar-refractivity contribution in [1.29, 1.82) is 0 Å². The molecule has 74 valence electrons. The molecule has 0 aliphatic rings. The first kappa shape index (κ1) is 13.9. The Kier molecular flexibility index (Phi) is 12.0. The van der Waals surface area contributed by atoms with Crippen LogP contribution < -0.4 is 6.15 Å². The van der Waals surface area contributed by atoms with Gasteiger partial charge >= 0.3 is 5.97 Å². The van der Waals surface area contributed by atoms with E-state index in [9.17, 15) is 9.18 Å². The van der Waals surface area contributed by atoms with E-state index >= 15 is 0 Å². The van der Waals surface area contributed by atoms with Crippen LogP contribution in [-0.4, -0.2) is 17.8 Å². The number of carboxylic acid groups (broad SMARTS) is 1. The van der Waals surface area contributed by atoms with Gasteiger partial charge in [-0.1, -0.05) is 19.3 Å². The number of carbonyl (C=O) groups is 1. The predicted octanol–water partition coefficient (Wildman–Crippen LogP) is 2.54. The lowest BCUT2D eigenvalue weighted by molar-refractivity contribution is -0.137. The molecule has 0 radical (unpaired) electrons. The molecule has 0 fully saturated rings. The molecule has 0 heterocycles. The summed E-state index contributed by atoms with van der Waals surface area (Å²) >= 11 is 0. The van der Waals surface area contributed by atoms with Crippen molar-refractivity contribution in [2.75, 3.05) is 6.67 Å². The van der Waals surface area contributed by atoms with Crippen LogP contribution in [0.1, 0.15) is 38.5 Å². The number of rotatable bonds is 7. The van der Waals surface area contributed by atoms with Crippen LogP contribution in [0, 0.1) is 0 Å². The molecule has 12 heavy (non-hydrogen) atoms. The highest BCUT2D eigenvalue weighted by atomic mass is 19.1. The van der Waals surface area contributed by atoms with Gasteiger partial charge in [0, 0.05) is 6.42 Å². The highest BCUT2D eigenvalue weighted by Gasteiger charge is 1.95. The molecule has 0 atom stereocenters. The summed E-state index contributed by atoms with van der Waals surface area (Å²) < 4.78 is 11.5. The third-order valence-electron chi connectivity index (χ3n) is 1.52. The maximum absolute atomic E-state index is 11.5. The van der Waals surface area contributed by atoms with E-state index in [1.54, 1.807) is 0 Å². The van der Waals surface area contributed by atoms with Gasteiger partial charge in [-0.05, 0) is 12.8 Å². The molecule has 0 rings (SSSR count). The molecule has 0 saturated carbocycles. The highest BCUT2D eigenvalue weighted by molar-refractivity contribution is 5.66. The normalized spacial score (nSPS) is 9.08. The lowest BCUT2D eigenvalue weighted by atomic mass is 10.1. The Hall–Kier alpha value is -0.640. The van der Waals surface area contributed by atoms with Crippen LogP contribution in [0.5, 0.6) is 0 Å². The van der Waals surface area contributed by atoms with Gasteiger partial charge in [-0.2, -0.15) is 0 Å². The van der Waals surface area contributed by atoms with E-state index in [-0.39, 0.29) is 19.2 Å². The maximum atomic E-state index is 11.5. The zero-order valence-corrected chi connectivity index (χ0v) is 7.39. The lowest BCUT2D eigenvalue weighted by Crippen LogP contribution is -1.93. The number of hydrogen-bond donors (Lipinski definition) is 2. The van der Waals surface area contributed by atoms with Gasteiger partial charge in [0.15, 0.2) is 0 Å². The Morgan fingerprint density at radius 3 is 2.08 bits per heavy atom. The SMILES string of the molecule is N.O=C(O)CCCCCCCF. The van der Waals surface area contributed by atoms with Gasteiger partial charge in [0.2, 0.25) is 0 Å². The highest BCUT2D eigenvalue weighted by Crippen LogP contribution is 2.04. The van der Waals surface area contributed by atoms with Crippen LogP contribution in [0.25, 0.3) is 0 Å². The third-order valence-corrected chi connectivity index (χ3v) is 1.52. The second kappa shape index (κ2) is 10.4. The molecule has 0 saturated heterocycles. The molecule has 0 aromatic rings. The van der Waals surface area contributed by atoms with Gasteiger partial charge in [0.1, 0.15) is 0 Å². The molecule has 0 amide bonds. The van der Waals surface area contributed by atoms with Crippen molar-refractivity contribution in [2.24, 2.45) is 0 Å². The molecule has 0 aliphatic heterocycles. The summed E-state index contributed by atoms with van der Waals surface area (Å²) in [6, 6.07) is 0. The topological polar surface area (TPSA) is 72.3 Å². The van der Waals surface area contributed by atoms with E-state index in [1.165, 1.54) is 0 Å². The average Bonchev–Trinajstić information content (AvgIpc) is 1.96. The fraction of sp³-hybridized carbons (Fsp3) is 0.875. The van der Waals surface area contributed by atoms with Gasteiger partial charge in [0.05, 0.1) is 6.67 Å². The van der Waals surface area contributed by atoms with Crippen molar-refractivity contribution in [2.45, 2.75) is 38.5 Å². The fourth-order valence-corrected chi connectivity index (χ4v) is 0.901. The minimum absolute atomic E-state index is 0. The van der Waals surface area contributed by atoms with Crippen molar-refractivity contribution in [3.8, 4) is 0 Å². The van der Waals surface area contributed by atoms with Crippen LogP contribution in [0.2, 0.25) is 0 Å². The van der Waals surface area contributed by atoms with Gasteiger partial charge < -0.3 is 11.3 Å². The first-order valence-corrected chi connectivity index (χ1v) is 4.05. The van der Waals surface area contributed by atoms with Gasteiger partial charge in [0.25, 0.3) is 0 Å². The molecule has 4 heteroatoms. The van der Waals surface area contributed by atoms with Crippen LogP contribution in [0.3, 0.4) is 0 Å². The zero-order chi connectivity index (χ0) is 8.53. The van der Waals surface area contributed by atoms with E-state index in [2.05, 4.69) is 0 Å². The number of alkyl halides is 1. The number of aliphatic carboxylic acids is 1. The van der Waals surface area contributed by atoms with Crippen molar-refractivity contribution in [3.05, 3.63) is 0 Å². The molecule has 0 unspecified atom stereocenters. The number of hydrogen-bond acceptors (Lipinski definition) is 2. The maximum Gasteiger partial charge on any atom is 0.303 e. The van der Waals surface area contributed by atoms with Crippen LogP contribution in [0.4, 0.5) is 4.39 Å². The predicted molar refractivity (Wildman–Crippen MR) is 46.3 cm³/mol. The van der Waals surface area contributed by atoms with Crippen molar-refractivity contribution >= 4 is 5.97 Å². The van der Waals surface area contributed by atoms with Crippen molar-refractivity contribution in [1.82, 2.24) is 6.15 Å². The zero-order valence-electron chi connectivity index (χ0n) is 7.39. The number of halogens is 1. The van der Waals surface area contributed by atoms with E-state index in [0.29, 0.717) is 6.42 Å². The summed E-state index contributed by atoms with van der Waals surface area (Å²) in [4.78, 5) is 10.0. The summed E-state index contributed by atoms with van der Waals surface area (Å²) in [6.07, 6.45) is 4.34. The molecule has 4 N–H and O–H groups in total. The number of unbranched alkanes of at least 4 members (excludes halogenated alkanes) is 4. The summed E-state index contributed by atoms with van der Waals surface area (Å²) in [6.45, 7) is -0.251. The molecular weight excluding hydrogens is 161 g/mol. The van der Waals surface area contributed by atoms with E-state index < -0.39 is 5.97 Å². The van der Waals surface area contributed by atoms with Crippen LogP contribution >= 0.6 is 0 Å². The minimum Gasteiger partial charge on any atom is -0.481 e. The quantitative estimate of drug-likeness (QED) is 0.590. The summed E-state index contributed by atoms with van der Waals surface area (Å²) in [5, 5.41) is 8.26. The summed E-state index contributed by atoms with van der Waals surface area (Å²) in [5.41, 5.74) is 0. The molecule has 3 nitrogen and oxygen atoms in total. The Bertz CT molecular complexity index is 109. The van der Waals surface area contributed by atoms with Crippen molar-refractivity contribution in [3.63, 3.8) is 0 Å². The van der Waals surface area contributed by atoms with Crippen molar-refractivity contribution < 1.29 is 14.3 Å². The molecule has 0 aromatic heterocycles. The minimum atomic E-state index is -0.740. The fourth-order valence-electron chi connectivity index (χ4n) is 0.901. The first-order chi connectivity index (χ1) is 5.27. The molecule has 0 spiro atoms. The second-order valence-electron chi connectivity index (χ2n) is 2.60. The van der Waals surface area contributed by atoms with Crippen LogP contribution in [0.15, 0.2) is 0 Å². The van der Waals surface area contributed by atoms with E-state index in [0.717, 1.165) is 25.7 Å². The Morgan fingerprint density at radius 1 is 1.08 bits per heavy atom. The monoisotopic (exact) mass is 179 g/mol. The largest absolute Gasteiger partial charge is 0.481 e. The molecule has 0 aliphatic carbocycles. The Balaban J connectivity index is 0. The average molecular weight is 179 g/mol. The van der Waals surface area contributed by atoms with E-state index in [1.807, 2.05) is 0 Å². The van der Waals surface area contributed by atoms with Gasteiger partial charge in [-0.15, -0.1) is 0 Å². The second-order valence-corrected chi connectivity index (χ2v) is 2.60. The Morgan fingerprint density at radius 2 is 1.58 bits per heavy atom. The number of carboxylic acids is 1. The Labute approximate surface area is 72.6 Å². The van der Waals surface area contributed by atoms with Gasteiger partial charge in [-0.3, -0.25) is 9.18 Å². The molecular formula is C8H18FNO2. The molecule has 0 aromatic carbocycles. The first-order valence-electron chi connectivity index (χ1n) is 4.05. The van der Waals surface area contributed by atoms with E-state index in [4.69, 9.17) is 5.11 Å². The smallest absolute Gasteiger partial charge is 0.303 e. The molecule has 0 bridgehead atoms. The lowest BCUT2D eigenvalue weighted by Gasteiger charge is -1.96. The van der Waals surface area contributed by atoms with Crippen LogP contribution in [-0.2, 0) is 4.79 Å². The van der Waals surface area contributed by atoms with Gasteiger partial charge in [-0.25, -0.2) is 0 Å². The standard InChI is InChI=1S/C8H15FO2.H3N/c9-7-5-3-1-2-4-6-8(10)11;/h1-7H2,(H,10,11);1H3. The summed E-state index contributed by atoms with van der Waals surface area (Å²) in [5.74, 6) is -0.740. The summed E-state index contributed by atoms with van der Waals surface area (Å²) in [7, 11) is 0. The third kappa shape index (κ3) is 12.1.